The van der Waals surface area contributed by atoms with Gasteiger partial charge in [0.1, 0.15) is 23.3 Å². The van der Waals surface area contributed by atoms with Crippen molar-refractivity contribution in [3.05, 3.63) is 36.3 Å². The minimum atomic E-state index is 0.716. The number of anilines is 3. The van der Waals surface area contributed by atoms with Crippen LogP contribution in [0.3, 0.4) is 0 Å². The molecule has 6 nitrogen and oxygen atoms in total. The van der Waals surface area contributed by atoms with Crippen LogP contribution in [0.15, 0.2) is 30.5 Å². The van der Waals surface area contributed by atoms with Crippen molar-refractivity contribution in [3.8, 4) is 0 Å². The van der Waals surface area contributed by atoms with Crippen LogP contribution < -0.4 is 16.0 Å². The molecule has 0 atom stereocenters. The van der Waals surface area contributed by atoms with Crippen LogP contribution in [0.1, 0.15) is 5.82 Å². The predicted octanol–water partition coefficient (Wildman–Crippen LogP) is 1.55. The highest BCUT2D eigenvalue weighted by atomic mass is 15.1. The van der Waals surface area contributed by atoms with Gasteiger partial charge in [-0.25, -0.2) is 15.0 Å². The molecule has 19 heavy (non-hydrogen) atoms. The number of aromatic nitrogens is 3. The average Bonchev–Trinajstić information content (AvgIpc) is 2.39. The standard InChI is InChI=1S/C13H18N6/c1-10-17-12(16-8-7-14-2)9-13(18-10)19-11-5-3-4-6-15-11/h3-6,9,14H,7-8H2,1-2H3,(H2,15,16,17,18,19). The molecular weight excluding hydrogens is 240 g/mol. The van der Waals surface area contributed by atoms with E-state index in [2.05, 4.69) is 30.9 Å². The van der Waals surface area contributed by atoms with Crippen LogP contribution in [-0.2, 0) is 0 Å². The van der Waals surface area contributed by atoms with Gasteiger partial charge in [0.15, 0.2) is 0 Å². The van der Waals surface area contributed by atoms with E-state index in [4.69, 9.17) is 0 Å². The molecule has 0 aromatic carbocycles. The second kappa shape index (κ2) is 6.65. The third kappa shape index (κ3) is 4.18. The van der Waals surface area contributed by atoms with Crippen LogP contribution in [-0.4, -0.2) is 35.1 Å². The number of hydrogen-bond donors (Lipinski definition) is 3. The summed E-state index contributed by atoms with van der Waals surface area (Å²) < 4.78 is 0. The molecule has 0 spiro atoms. The maximum Gasteiger partial charge on any atom is 0.137 e. The molecule has 100 valence electrons. The van der Waals surface area contributed by atoms with Crippen molar-refractivity contribution in [3.63, 3.8) is 0 Å². The Balaban J connectivity index is 2.08. The second-order valence-corrected chi connectivity index (χ2v) is 4.06. The van der Waals surface area contributed by atoms with Gasteiger partial charge in [0.25, 0.3) is 0 Å². The first-order chi connectivity index (χ1) is 9.28. The van der Waals surface area contributed by atoms with Crippen LogP contribution in [0.4, 0.5) is 17.5 Å². The molecule has 0 aliphatic heterocycles. The smallest absolute Gasteiger partial charge is 0.137 e. The van der Waals surface area contributed by atoms with E-state index in [0.717, 1.165) is 30.5 Å². The zero-order valence-electron chi connectivity index (χ0n) is 11.1. The number of pyridine rings is 1. The highest BCUT2D eigenvalue weighted by Crippen LogP contribution is 2.15. The quantitative estimate of drug-likeness (QED) is 0.683. The molecule has 2 aromatic heterocycles. The summed E-state index contributed by atoms with van der Waals surface area (Å²) in [6.45, 7) is 3.56. The number of aryl methyl sites for hydroxylation is 1. The number of nitrogens with one attached hydrogen (secondary N) is 3. The molecule has 0 fully saturated rings. The third-order valence-electron chi connectivity index (χ3n) is 2.44. The van der Waals surface area contributed by atoms with E-state index < -0.39 is 0 Å². The van der Waals surface area contributed by atoms with Crippen LogP contribution >= 0.6 is 0 Å². The maximum atomic E-state index is 4.34. The molecule has 0 saturated carbocycles. The van der Waals surface area contributed by atoms with Crippen molar-refractivity contribution in [2.45, 2.75) is 6.92 Å². The van der Waals surface area contributed by atoms with Crippen molar-refractivity contribution in [1.82, 2.24) is 20.3 Å². The molecule has 0 unspecified atom stereocenters. The number of likely N-dealkylation sites (N-methyl/N-ethyl adjacent to an activating group) is 1. The molecule has 2 rings (SSSR count). The summed E-state index contributed by atoms with van der Waals surface area (Å²) in [5, 5.41) is 9.47. The zero-order chi connectivity index (χ0) is 13.5. The first-order valence-corrected chi connectivity index (χ1v) is 6.20. The molecule has 3 N–H and O–H groups in total. The van der Waals surface area contributed by atoms with Gasteiger partial charge in [-0.1, -0.05) is 6.07 Å². The lowest BCUT2D eigenvalue weighted by molar-refractivity contribution is 0.820. The van der Waals surface area contributed by atoms with E-state index in [-0.39, 0.29) is 0 Å². The van der Waals surface area contributed by atoms with Gasteiger partial charge in [0.2, 0.25) is 0 Å². The summed E-state index contributed by atoms with van der Waals surface area (Å²) in [7, 11) is 1.92. The summed E-state index contributed by atoms with van der Waals surface area (Å²) in [6.07, 6.45) is 1.74. The lowest BCUT2D eigenvalue weighted by Crippen LogP contribution is -2.18. The fourth-order valence-corrected chi connectivity index (χ4v) is 1.61. The van der Waals surface area contributed by atoms with Crippen LogP contribution in [0.2, 0.25) is 0 Å². The molecule has 0 saturated heterocycles. The Hall–Kier alpha value is -2.21. The van der Waals surface area contributed by atoms with Gasteiger partial charge < -0.3 is 16.0 Å². The number of rotatable bonds is 6. The van der Waals surface area contributed by atoms with Crippen molar-refractivity contribution in [1.29, 1.82) is 0 Å². The Morgan fingerprint density at radius 1 is 1.05 bits per heavy atom. The molecule has 2 heterocycles. The van der Waals surface area contributed by atoms with Crippen LogP contribution in [0, 0.1) is 6.92 Å². The highest BCUT2D eigenvalue weighted by molar-refractivity contribution is 5.55. The highest BCUT2D eigenvalue weighted by Gasteiger charge is 2.02. The predicted molar refractivity (Wildman–Crippen MR) is 76.7 cm³/mol. The van der Waals surface area contributed by atoms with Gasteiger partial charge in [-0.2, -0.15) is 0 Å². The Morgan fingerprint density at radius 2 is 1.89 bits per heavy atom. The van der Waals surface area contributed by atoms with Crippen LogP contribution in [0.25, 0.3) is 0 Å². The normalized spacial score (nSPS) is 10.2. The number of nitrogens with zero attached hydrogens (tertiary/aromatic N) is 3. The average molecular weight is 258 g/mol. The van der Waals surface area contributed by atoms with E-state index in [1.807, 2.05) is 38.2 Å². The van der Waals surface area contributed by atoms with Gasteiger partial charge in [-0.05, 0) is 26.1 Å². The van der Waals surface area contributed by atoms with Gasteiger partial charge in [-0.3, -0.25) is 0 Å². The van der Waals surface area contributed by atoms with Gasteiger partial charge >= 0.3 is 0 Å². The Kier molecular flexibility index (Phi) is 4.63. The van der Waals surface area contributed by atoms with Crippen molar-refractivity contribution in [2.24, 2.45) is 0 Å². The molecule has 6 heteroatoms. The molecule has 0 amide bonds. The Morgan fingerprint density at radius 3 is 2.63 bits per heavy atom. The summed E-state index contributed by atoms with van der Waals surface area (Å²) in [4.78, 5) is 12.9. The fourth-order valence-electron chi connectivity index (χ4n) is 1.61. The first kappa shape index (κ1) is 13.2. The SMILES string of the molecule is CNCCNc1cc(Nc2ccccn2)nc(C)n1. The van der Waals surface area contributed by atoms with Crippen LogP contribution in [0.5, 0.6) is 0 Å². The van der Waals surface area contributed by atoms with Crippen molar-refractivity contribution < 1.29 is 0 Å². The molecule has 0 aliphatic carbocycles. The van der Waals surface area contributed by atoms with Gasteiger partial charge in [0, 0.05) is 25.4 Å². The maximum absolute atomic E-state index is 4.34. The zero-order valence-corrected chi connectivity index (χ0v) is 11.1. The van der Waals surface area contributed by atoms with E-state index in [9.17, 15) is 0 Å². The summed E-state index contributed by atoms with van der Waals surface area (Å²) in [5.74, 6) is 3.02. The molecule has 0 bridgehead atoms. The van der Waals surface area contributed by atoms with E-state index in [0.29, 0.717) is 5.82 Å². The second-order valence-electron chi connectivity index (χ2n) is 4.06. The van der Waals surface area contributed by atoms with Crippen molar-refractivity contribution >= 4 is 17.5 Å². The topological polar surface area (TPSA) is 74.8 Å². The third-order valence-corrected chi connectivity index (χ3v) is 2.44. The van der Waals surface area contributed by atoms with E-state index in [1.165, 1.54) is 0 Å². The lowest BCUT2D eigenvalue weighted by Gasteiger charge is -2.09. The lowest BCUT2D eigenvalue weighted by atomic mass is 10.4. The largest absolute Gasteiger partial charge is 0.369 e. The van der Waals surface area contributed by atoms with E-state index in [1.54, 1.807) is 6.20 Å². The first-order valence-electron chi connectivity index (χ1n) is 6.20. The Bertz CT molecular complexity index is 514. The van der Waals surface area contributed by atoms with E-state index >= 15 is 0 Å². The van der Waals surface area contributed by atoms with Gasteiger partial charge in [-0.15, -0.1) is 0 Å². The fraction of sp³-hybridized carbons (Fsp3) is 0.308. The van der Waals surface area contributed by atoms with Gasteiger partial charge in [0.05, 0.1) is 0 Å². The summed E-state index contributed by atoms with van der Waals surface area (Å²) in [5.41, 5.74) is 0. The molecular formula is C13H18N6. The number of hydrogen-bond acceptors (Lipinski definition) is 6. The summed E-state index contributed by atoms with van der Waals surface area (Å²) in [6, 6.07) is 7.57. The van der Waals surface area contributed by atoms with Crippen molar-refractivity contribution in [2.75, 3.05) is 30.8 Å². The molecule has 2 aromatic rings. The Labute approximate surface area is 112 Å². The minimum Gasteiger partial charge on any atom is -0.369 e. The summed E-state index contributed by atoms with van der Waals surface area (Å²) >= 11 is 0. The molecule has 0 aliphatic rings. The molecule has 0 radical (unpaired) electrons. The monoisotopic (exact) mass is 258 g/mol. The minimum absolute atomic E-state index is 0.716.